The lowest BCUT2D eigenvalue weighted by molar-refractivity contribution is -0.128. The first-order valence-electron chi connectivity index (χ1n) is 15.4. The Labute approximate surface area is 306 Å². The van der Waals surface area contributed by atoms with Crippen LogP contribution in [0.15, 0.2) is 66.4 Å². The molecule has 266 valence electrons. The van der Waals surface area contributed by atoms with E-state index in [2.05, 4.69) is 4.98 Å². The molecule has 0 saturated heterocycles. The number of ketones is 2. The number of halogens is 5. The summed E-state index contributed by atoms with van der Waals surface area (Å²) in [5, 5.41) is 9.53. The number of allylic oxidation sites excluding steroid dienone is 4. The number of aryl methyl sites for hydroxylation is 2. The number of hydrogen-bond acceptors (Lipinski definition) is 9. The number of hydrogen-bond donors (Lipinski definition) is 1. The number of alkyl halides is 2. The monoisotopic (exact) mass is 779 g/mol. The molecule has 13 nitrogen and oxygen atoms in total. The zero-order valence-electron chi connectivity index (χ0n) is 26.9. The van der Waals surface area contributed by atoms with E-state index in [0.717, 1.165) is 20.0 Å². The molecule has 2 aromatic carbocycles. The van der Waals surface area contributed by atoms with E-state index in [1.165, 1.54) is 37.0 Å². The van der Waals surface area contributed by atoms with Gasteiger partial charge in [-0.25, -0.2) is 32.9 Å². The molecule has 2 aliphatic carbocycles. The number of methoxy groups -OCH3 is 2. The summed E-state index contributed by atoms with van der Waals surface area (Å²) in [4.78, 5) is 68.6. The molecule has 4 unspecified atom stereocenters. The molecule has 1 aliphatic heterocycles. The van der Waals surface area contributed by atoms with Crippen molar-refractivity contribution in [3.05, 3.63) is 100 Å². The maximum Gasteiger partial charge on any atom is 0.347 e. The van der Waals surface area contributed by atoms with Crippen molar-refractivity contribution in [1.82, 2.24) is 23.5 Å². The Morgan fingerprint density at radius 2 is 1.67 bits per heavy atom. The van der Waals surface area contributed by atoms with Gasteiger partial charge in [0.05, 0.1) is 37.8 Å². The lowest BCUT2D eigenvalue weighted by atomic mass is 9.59. The lowest BCUT2D eigenvalue weighted by Crippen LogP contribution is -2.67. The molecule has 1 saturated carbocycles. The topological polar surface area (TPSA) is 157 Å². The normalized spacial score (nSPS) is 24.3. The van der Waals surface area contributed by atoms with Crippen LogP contribution >= 0.6 is 46.4 Å². The van der Waals surface area contributed by atoms with Gasteiger partial charge in [-0.3, -0.25) is 14.4 Å². The van der Waals surface area contributed by atoms with Crippen molar-refractivity contribution in [2.24, 2.45) is 7.05 Å². The van der Waals surface area contributed by atoms with Crippen LogP contribution in [0.5, 0.6) is 17.2 Å². The van der Waals surface area contributed by atoms with Gasteiger partial charge in [0.25, 0.3) is 5.56 Å². The minimum atomic E-state index is -2.43. The van der Waals surface area contributed by atoms with Gasteiger partial charge in [0.1, 0.15) is 25.5 Å². The molecule has 3 heterocycles. The Morgan fingerprint density at radius 3 is 2.35 bits per heavy atom. The summed E-state index contributed by atoms with van der Waals surface area (Å²) in [5.41, 5.74) is -1.11. The minimum Gasteiger partial charge on any atom is -0.505 e. The summed E-state index contributed by atoms with van der Waals surface area (Å²) in [7, 11) is 4.47. The number of Topliss-reactive ketones (excluding diaryl/α,β-unsaturated/α-hetero) is 2. The summed E-state index contributed by atoms with van der Waals surface area (Å²) < 4.78 is 30.0. The van der Waals surface area contributed by atoms with Gasteiger partial charge in [-0.1, -0.05) is 41.4 Å². The summed E-state index contributed by atoms with van der Waals surface area (Å²) in [6.07, 6.45) is 0.874. The van der Waals surface area contributed by atoms with E-state index in [4.69, 9.17) is 55.9 Å². The highest BCUT2D eigenvalue weighted by Gasteiger charge is 2.71. The van der Waals surface area contributed by atoms with Gasteiger partial charge in [0.15, 0.2) is 34.6 Å². The number of nitrogens with zero attached hydrogens (tertiary/aromatic N) is 5. The van der Waals surface area contributed by atoms with E-state index in [1.54, 1.807) is 19.2 Å². The molecule has 4 atom stereocenters. The molecular formula is C33H26Cl4FN5O8. The fourth-order valence-electron chi connectivity index (χ4n) is 7.41. The predicted octanol–water partition coefficient (Wildman–Crippen LogP) is 3.63. The van der Waals surface area contributed by atoms with Gasteiger partial charge in [-0.05, 0) is 11.6 Å². The number of phenolic OH excluding ortho intramolecular Hbond substituents is 1. The highest BCUT2D eigenvalue weighted by Crippen LogP contribution is 2.64. The standard InChI is InChI=1S/C33H26Cl4FN5O8/c1-40-19-12-22(51-3)21(50-2)11-18(19)39-17(29(40)47)8-9-41-30(48)42-10-7-14-20(43(42)31(41)49)13-32(36)27(45)24(34)25(35)28(46)33(32,37)23(14)15-5-4-6-16(38)26(15)44/h4-7,11-12,20,23,44H,8-10,13H2,1-3H3. The van der Waals surface area contributed by atoms with Crippen LogP contribution in [-0.4, -0.2) is 64.1 Å². The molecule has 0 amide bonds. The summed E-state index contributed by atoms with van der Waals surface area (Å²) >= 11 is 26.6. The van der Waals surface area contributed by atoms with E-state index >= 15 is 0 Å². The largest absolute Gasteiger partial charge is 0.505 e. The molecule has 7 rings (SSSR count). The lowest BCUT2D eigenvalue weighted by Gasteiger charge is -2.54. The summed E-state index contributed by atoms with van der Waals surface area (Å²) in [5.74, 6) is -4.71. The highest BCUT2D eigenvalue weighted by molar-refractivity contribution is 6.66. The van der Waals surface area contributed by atoms with Crippen LogP contribution in [0.1, 0.15) is 29.6 Å². The number of para-hydroxylation sites is 1. The van der Waals surface area contributed by atoms with E-state index in [0.29, 0.717) is 22.5 Å². The van der Waals surface area contributed by atoms with Crippen molar-refractivity contribution in [3.63, 3.8) is 0 Å². The molecule has 0 bridgehead atoms. The Kier molecular flexibility index (Phi) is 8.32. The third kappa shape index (κ3) is 4.72. The Balaban J connectivity index is 1.34. The second-order valence-corrected chi connectivity index (χ2v) is 14.3. The molecule has 0 spiro atoms. The van der Waals surface area contributed by atoms with E-state index < -0.39 is 78.3 Å². The maximum absolute atomic E-state index is 14.8. The number of benzene rings is 2. The van der Waals surface area contributed by atoms with Crippen LogP contribution in [0.4, 0.5) is 4.39 Å². The van der Waals surface area contributed by atoms with Crippen molar-refractivity contribution in [2.45, 2.75) is 47.6 Å². The molecular weight excluding hydrogens is 755 g/mol. The first-order valence-corrected chi connectivity index (χ1v) is 16.9. The zero-order valence-corrected chi connectivity index (χ0v) is 29.9. The average molecular weight is 781 g/mol. The number of aromatic hydroxyl groups is 1. The highest BCUT2D eigenvalue weighted by atomic mass is 35.5. The minimum absolute atomic E-state index is 0.0621. The van der Waals surface area contributed by atoms with Crippen LogP contribution < -0.4 is 26.4 Å². The molecule has 0 radical (unpaired) electrons. The summed E-state index contributed by atoms with van der Waals surface area (Å²) in [6.45, 7) is -0.485. The zero-order chi connectivity index (χ0) is 36.9. The Hall–Kier alpha value is -4.37. The fourth-order valence-corrected chi connectivity index (χ4v) is 8.92. The van der Waals surface area contributed by atoms with Gasteiger partial charge in [0, 0.05) is 50.0 Å². The molecule has 1 fully saturated rings. The number of phenols is 1. The van der Waals surface area contributed by atoms with Crippen LogP contribution in [0.2, 0.25) is 0 Å². The van der Waals surface area contributed by atoms with Gasteiger partial charge >= 0.3 is 11.4 Å². The SMILES string of the molecule is COc1cc2nc(CCn3c(=O)n4n(c3=O)C3CC5(Cl)C(=O)C(Cl)=C(Cl)C(=O)C5(Cl)C(c5cccc(F)c5O)C3=CC4)c(=O)n(C)c2cc1OC. The third-order valence-electron chi connectivity index (χ3n) is 9.93. The van der Waals surface area contributed by atoms with Crippen molar-refractivity contribution >= 4 is 69.0 Å². The molecule has 2 aromatic heterocycles. The van der Waals surface area contributed by atoms with Crippen LogP contribution in [0.25, 0.3) is 11.0 Å². The van der Waals surface area contributed by atoms with E-state index in [1.807, 2.05) is 0 Å². The van der Waals surface area contributed by atoms with Crippen LogP contribution in [0.3, 0.4) is 0 Å². The van der Waals surface area contributed by atoms with Crippen molar-refractivity contribution < 1.29 is 28.6 Å². The van der Waals surface area contributed by atoms with Crippen LogP contribution in [-0.2, 0) is 36.1 Å². The van der Waals surface area contributed by atoms with E-state index in [9.17, 15) is 33.5 Å². The number of carbonyl (C=O) groups is 2. The maximum atomic E-state index is 14.8. The predicted molar refractivity (Wildman–Crippen MR) is 185 cm³/mol. The van der Waals surface area contributed by atoms with Crippen molar-refractivity contribution in [3.8, 4) is 17.2 Å². The van der Waals surface area contributed by atoms with Gasteiger partial charge in [-0.15, -0.1) is 23.2 Å². The van der Waals surface area contributed by atoms with Gasteiger partial charge < -0.3 is 19.1 Å². The number of aromatic nitrogens is 5. The fraction of sp³-hybridized carbons (Fsp3) is 0.333. The quantitative estimate of drug-likeness (QED) is 0.228. The van der Waals surface area contributed by atoms with Crippen molar-refractivity contribution in [2.75, 3.05) is 14.2 Å². The van der Waals surface area contributed by atoms with Crippen LogP contribution in [0, 0.1) is 5.82 Å². The van der Waals surface area contributed by atoms with Crippen molar-refractivity contribution in [1.29, 1.82) is 0 Å². The van der Waals surface area contributed by atoms with Gasteiger partial charge in [0.2, 0.25) is 0 Å². The molecule has 18 heteroatoms. The first kappa shape index (κ1) is 35.1. The van der Waals surface area contributed by atoms with Gasteiger partial charge in [-0.2, -0.15) is 0 Å². The number of fused-ring (bicyclic) bond motifs is 5. The number of ether oxygens (including phenoxy) is 2. The smallest absolute Gasteiger partial charge is 0.347 e. The summed E-state index contributed by atoms with van der Waals surface area (Å²) in [6, 6.07) is 5.56. The number of rotatable bonds is 6. The second-order valence-electron chi connectivity index (χ2n) is 12.3. The molecule has 4 aromatic rings. The second kappa shape index (κ2) is 12.1. The molecule has 3 aliphatic rings. The molecule has 51 heavy (non-hydrogen) atoms. The Bertz CT molecular complexity index is 2490. The first-order chi connectivity index (χ1) is 24.1. The average Bonchev–Trinajstić information content (AvgIpc) is 3.36. The van der Waals surface area contributed by atoms with E-state index in [-0.39, 0.29) is 36.3 Å². The number of carbonyl (C=O) groups excluding carboxylic acids is 2. The molecule has 1 N–H and O–H groups in total. The third-order valence-corrected chi connectivity index (χ3v) is 12.2. The Morgan fingerprint density at radius 1 is 1.00 bits per heavy atom.